The number of carboxylic acid groups (broad SMARTS) is 1. The van der Waals surface area contributed by atoms with Gasteiger partial charge in [0, 0.05) is 44.2 Å². The van der Waals surface area contributed by atoms with Gasteiger partial charge < -0.3 is 24.6 Å². The van der Waals surface area contributed by atoms with Gasteiger partial charge in [-0.2, -0.15) is 0 Å². The molecule has 0 aromatic heterocycles. The van der Waals surface area contributed by atoms with Crippen molar-refractivity contribution in [2.24, 2.45) is 0 Å². The van der Waals surface area contributed by atoms with Crippen molar-refractivity contribution in [1.82, 2.24) is 19.6 Å². The van der Waals surface area contributed by atoms with E-state index in [0.29, 0.717) is 30.7 Å². The predicted octanol–water partition coefficient (Wildman–Crippen LogP) is 1.86. The van der Waals surface area contributed by atoms with Crippen molar-refractivity contribution >= 4 is 36.0 Å². The number of likely N-dealkylation sites (tertiary alicyclic amines) is 1. The Bertz CT molecular complexity index is 976. The molecule has 202 valence electrons. The van der Waals surface area contributed by atoms with Crippen molar-refractivity contribution in [1.29, 1.82) is 0 Å². The number of aliphatic carboxylic acids is 1. The van der Waals surface area contributed by atoms with Crippen LogP contribution in [0.1, 0.15) is 56.8 Å². The molecule has 37 heavy (non-hydrogen) atoms. The van der Waals surface area contributed by atoms with Crippen LogP contribution in [0.2, 0.25) is 0 Å². The lowest BCUT2D eigenvalue weighted by molar-refractivity contribution is -0.148. The summed E-state index contributed by atoms with van der Waals surface area (Å²) in [6.45, 7) is 5.12. The standard InChI is InChI=1S/C26H36N4O7/c1-4-13-29(26(37)30(18-21(32)33)23(34)20-11-6-5-7-12-20)22(24(35)27-14-8-9-15-27)25(36)28(19(2)3)16-10-17-31/h5-7,11-12,17,19,22H,4,8-10,13-16,18H2,1-3H3,(H,32,33). The molecule has 1 aliphatic heterocycles. The zero-order chi connectivity index (χ0) is 27.5. The normalized spacial score (nSPS) is 13.7. The van der Waals surface area contributed by atoms with E-state index in [1.165, 1.54) is 21.9 Å². The first-order valence-corrected chi connectivity index (χ1v) is 12.6. The van der Waals surface area contributed by atoms with E-state index < -0.39 is 42.3 Å². The summed E-state index contributed by atoms with van der Waals surface area (Å²) in [6, 6.07) is 4.73. The number of urea groups is 1. The molecule has 1 N–H and O–H groups in total. The van der Waals surface area contributed by atoms with Crippen molar-refractivity contribution in [2.75, 3.05) is 32.7 Å². The van der Waals surface area contributed by atoms with Gasteiger partial charge in [0.1, 0.15) is 12.8 Å². The molecule has 1 atom stereocenters. The van der Waals surface area contributed by atoms with Crippen molar-refractivity contribution < 1.29 is 33.9 Å². The summed E-state index contributed by atoms with van der Waals surface area (Å²) in [5.74, 6) is -3.52. The molecule has 1 fully saturated rings. The zero-order valence-electron chi connectivity index (χ0n) is 21.7. The minimum Gasteiger partial charge on any atom is -0.480 e. The SMILES string of the molecule is CCCN(C(=O)N(CC(=O)O)C(=O)c1ccccc1)C(C(=O)N1CCCC1)C(=O)N(CCC=O)C(C)C. The lowest BCUT2D eigenvalue weighted by atomic mass is 10.1. The maximum atomic E-state index is 13.8. The van der Waals surface area contributed by atoms with Gasteiger partial charge in [0.2, 0.25) is 0 Å². The van der Waals surface area contributed by atoms with Crippen LogP contribution in [0.15, 0.2) is 30.3 Å². The van der Waals surface area contributed by atoms with Crippen molar-refractivity contribution in [3.8, 4) is 0 Å². The lowest BCUT2D eigenvalue weighted by Crippen LogP contribution is -2.62. The molecular formula is C26H36N4O7. The number of carboxylic acids is 1. The first-order valence-electron chi connectivity index (χ1n) is 12.6. The summed E-state index contributed by atoms with van der Waals surface area (Å²) in [5, 5.41) is 9.48. The fraction of sp³-hybridized carbons (Fsp3) is 0.538. The average Bonchev–Trinajstić information content (AvgIpc) is 3.42. The van der Waals surface area contributed by atoms with Gasteiger partial charge in [-0.15, -0.1) is 0 Å². The third kappa shape index (κ3) is 7.61. The Morgan fingerprint density at radius 1 is 1.00 bits per heavy atom. The van der Waals surface area contributed by atoms with E-state index in [4.69, 9.17) is 0 Å². The van der Waals surface area contributed by atoms with E-state index in [-0.39, 0.29) is 31.1 Å². The number of rotatable bonds is 12. The summed E-state index contributed by atoms with van der Waals surface area (Å²) in [5.41, 5.74) is 0.0945. The first kappa shape index (κ1) is 29.5. The van der Waals surface area contributed by atoms with Crippen LogP contribution in [-0.2, 0) is 19.2 Å². The van der Waals surface area contributed by atoms with Gasteiger partial charge in [-0.1, -0.05) is 25.1 Å². The summed E-state index contributed by atoms with van der Waals surface area (Å²) >= 11 is 0. The molecule has 0 saturated carbocycles. The van der Waals surface area contributed by atoms with Crippen molar-refractivity contribution in [3.63, 3.8) is 0 Å². The molecule has 1 unspecified atom stereocenters. The number of carbonyl (C=O) groups is 6. The summed E-state index contributed by atoms with van der Waals surface area (Å²) < 4.78 is 0. The monoisotopic (exact) mass is 516 g/mol. The van der Waals surface area contributed by atoms with Gasteiger partial charge in [0.15, 0.2) is 6.04 Å². The largest absolute Gasteiger partial charge is 0.480 e. The minimum absolute atomic E-state index is 0.0495. The Hall–Kier alpha value is -3.76. The number of aldehydes is 1. The van der Waals surface area contributed by atoms with Crippen LogP contribution >= 0.6 is 0 Å². The average molecular weight is 517 g/mol. The molecule has 5 amide bonds. The summed E-state index contributed by atoms with van der Waals surface area (Å²) in [6.07, 6.45) is 2.57. The second kappa shape index (κ2) is 14.1. The second-order valence-electron chi connectivity index (χ2n) is 9.14. The topological polar surface area (TPSA) is 136 Å². The van der Waals surface area contributed by atoms with Crippen molar-refractivity contribution in [2.45, 2.75) is 58.5 Å². The highest BCUT2D eigenvalue weighted by Crippen LogP contribution is 2.19. The predicted molar refractivity (Wildman–Crippen MR) is 135 cm³/mol. The Balaban J connectivity index is 2.56. The van der Waals surface area contributed by atoms with Gasteiger partial charge in [-0.05, 0) is 45.2 Å². The molecule has 1 heterocycles. The van der Waals surface area contributed by atoms with Crippen LogP contribution in [0.4, 0.5) is 4.79 Å². The molecular weight excluding hydrogens is 480 g/mol. The summed E-state index contributed by atoms with van der Waals surface area (Å²) in [4.78, 5) is 81.7. The third-order valence-electron chi connectivity index (χ3n) is 6.09. The minimum atomic E-state index is -1.60. The van der Waals surface area contributed by atoms with Crippen LogP contribution in [0, 0.1) is 0 Å². The Kier molecular flexibility index (Phi) is 11.2. The number of amides is 5. The Morgan fingerprint density at radius 3 is 2.14 bits per heavy atom. The molecule has 11 nitrogen and oxygen atoms in total. The number of imide groups is 1. The highest BCUT2D eigenvalue weighted by Gasteiger charge is 2.44. The zero-order valence-corrected chi connectivity index (χ0v) is 21.7. The second-order valence-corrected chi connectivity index (χ2v) is 9.14. The fourth-order valence-corrected chi connectivity index (χ4v) is 4.28. The van der Waals surface area contributed by atoms with Crippen LogP contribution < -0.4 is 0 Å². The molecule has 1 aromatic rings. The van der Waals surface area contributed by atoms with E-state index in [1.54, 1.807) is 39.0 Å². The quantitative estimate of drug-likeness (QED) is 0.331. The number of hydrogen-bond acceptors (Lipinski definition) is 6. The van der Waals surface area contributed by atoms with E-state index in [2.05, 4.69) is 0 Å². The Morgan fingerprint density at radius 2 is 1.62 bits per heavy atom. The van der Waals surface area contributed by atoms with Gasteiger partial charge in [-0.25, -0.2) is 9.69 Å². The molecule has 11 heteroatoms. The smallest absolute Gasteiger partial charge is 0.328 e. The maximum absolute atomic E-state index is 13.8. The van der Waals surface area contributed by atoms with Gasteiger partial charge >= 0.3 is 12.0 Å². The van der Waals surface area contributed by atoms with Crippen LogP contribution in [0.3, 0.4) is 0 Å². The van der Waals surface area contributed by atoms with Gasteiger partial charge in [-0.3, -0.25) is 19.2 Å². The summed E-state index contributed by atoms with van der Waals surface area (Å²) in [7, 11) is 0. The number of nitrogens with zero attached hydrogens (tertiary/aromatic N) is 4. The third-order valence-corrected chi connectivity index (χ3v) is 6.09. The molecule has 0 aliphatic carbocycles. The number of carbonyl (C=O) groups excluding carboxylic acids is 5. The highest BCUT2D eigenvalue weighted by molar-refractivity contribution is 6.10. The van der Waals surface area contributed by atoms with Crippen LogP contribution in [0.5, 0.6) is 0 Å². The molecule has 0 radical (unpaired) electrons. The van der Waals surface area contributed by atoms with Crippen molar-refractivity contribution in [3.05, 3.63) is 35.9 Å². The van der Waals surface area contributed by atoms with Gasteiger partial charge in [0.05, 0.1) is 0 Å². The molecule has 0 bridgehead atoms. The Labute approximate surface area is 217 Å². The highest BCUT2D eigenvalue weighted by atomic mass is 16.4. The molecule has 0 spiro atoms. The number of benzene rings is 1. The first-order chi connectivity index (χ1) is 17.6. The molecule has 1 aromatic carbocycles. The van der Waals surface area contributed by atoms with E-state index >= 15 is 0 Å². The van der Waals surface area contributed by atoms with Crippen LogP contribution in [0.25, 0.3) is 0 Å². The molecule has 1 saturated heterocycles. The number of hydrogen-bond donors (Lipinski definition) is 1. The van der Waals surface area contributed by atoms with Crippen LogP contribution in [-0.4, -0.2) is 106 Å². The van der Waals surface area contributed by atoms with E-state index in [1.807, 2.05) is 0 Å². The van der Waals surface area contributed by atoms with E-state index in [9.17, 15) is 33.9 Å². The maximum Gasteiger partial charge on any atom is 0.328 e. The molecule has 1 aliphatic rings. The fourth-order valence-electron chi connectivity index (χ4n) is 4.28. The molecule has 2 rings (SSSR count). The van der Waals surface area contributed by atoms with E-state index in [0.717, 1.165) is 17.7 Å². The lowest BCUT2D eigenvalue weighted by Gasteiger charge is -2.38. The van der Waals surface area contributed by atoms with Gasteiger partial charge in [0.25, 0.3) is 17.7 Å².